The number of aromatic amines is 1. The third-order valence-corrected chi connectivity index (χ3v) is 5.66. The van der Waals surface area contributed by atoms with Crippen molar-refractivity contribution in [1.29, 1.82) is 0 Å². The van der Waals surface area contributed by atoms with Crippen LogP contribution >= 0.6 is 0 Å². The van der Waals surface area contributed by atoms with E-state index in [1.54, 1.807) is 60.7 Å². The Balaban J connectivity index is 1.91. The van der Waals surface area contributed by atoms with Crippen LogP contribution < -0.4 is 10.6 Å². The van der Waals surface area contributed by atoms with E-state index in [9.17, 15) is 40.2 Å². The number of hydrogen-bond acceptors (Lipinski definition) is 10. The summed E-state index contributed by atoms with van der Waals surface area (Å²) in [6, 6.07) is 16.3. The molecule has 0 fully saturated rings. The maximum Gasteiger partial charge on any atom is 0.299 e. The third-order valence-electron chi connectivity index (χ3n) is 5.66. The van der Waals surface area contributed by atoms with E-state index in [4.69, 9.17) is 0 Å². The molecule has 13 nitrogen and oxygen atoms in total. The molecule has 1 aliphatic rings. The van der Waals surface area contributed by atoms with E-state index in [0.717, 1.165) is 9.69 Å². The first-order chi connectivity index (χ1) is 17.8. The number of carbonyl (C=O) groups is 1. The lowest BCUT2D eigenvalue weighted by molar-refractivity contribution is -0.112. The highest BCUT2D eigenvalue weighted by molar-refractivity contribution is 6.72. The van der Waals surface area contributed by atoms with Gasteiger partial charge in [-0.15, -0.1) is 0 Å². The Kier molecular flexibility index (Phi) is 7.73. The molecule has 1 aliphatic heterocycles. The average Bonchev–Trinajstić information content (AvgIpc) is 3.44. The molecule has 4 rings (SSSR count). The molecule has 13 heteroatoms. The number of para-hydroxylation sites is 2. The van der Waals surface area contributed by atoms with Crippen molar-refractivity contribution in [3.63, 3.8) is 0 Å². The SMILES string of the molecule is O=C1C(=Nc2c(C(O)C(O)CO)[nH]n(-c3ccccc3)c2=O)C(C(O)C(O)CO)=NN1c1ccccc1. The van der Waals surface area contributed by atoms with E-state index in [0.29, 0.717) is 11.4 Å². The zero-order valence-electron chi connectivity index (χ0n) is 19.3. The van der Waals surface area contributed by atoms with Gasteiger partial charge in [-0.05, 0) is 24.3 Å². The van der Waals surface area contributed by atoms with Gasteiger partial charge < -0.3 is 30.6 Å². The fourth-order valence-electron chi connectivity index (χ4n) is 3.66. The van der Waals surface area contributed by atoms with Crippen LogP contribution in [0.1, 0.15) is 11.8 Å². The van der Waals surface area contributed by atoms with Crippen molar-refractivity contribution < 1.29 is 35.4 Å². The number of anilines is 1. The van der Waals surface area contributed by atoms with Crippen molar-refractivity contribution in [2.75, 3.05) is 18.2 Å². The number of aliphatic hydroxyl groups excluding tert-OH is 6. The number of carbonyl (C=O) groups excluding carboxylic acids is 1. The Bertz CT molecular complexity index is 1370. The van der Waals surface area contributed by atoms with E-state index in [1.165, 1.54) is 0 Å². The van der Waals surface area contributed by atoms with Crippen LogP contribution in [0, 0.1) is 0 Å². The molecule has 7 N–H and O–H groups in total. The number of H-pyrrole nitrogens is 1. The van der Waals surface area contributed by atoms with Crippen molar-refractivity contribution in [2.24, 2.45) is 10.1 Å². The Morgan fingerprint density at radius 2 is 1.35 bits per heavy atom. The molecule has 1 amide bonds. The van der Waals surface area contributed by atoms with Gasteiger partial charge in [0.25, 0.3) is 11.5 Å². The summed E-state index contributed by atoms with van der Waals surface area (Å²) in [6.45, 7) is -1.70. The highest BCUT2D eigenvalue weighted by Crippen LogP contribution is 2.27. The molecule has 0 saturated carbocycles. The van der Waals surface area contributed by atoms with Crippen molar-refractivity contribution in [2.45, 2.75) is 24.4 Å². The molecule has 0 spiro atoms. The number of rotatable bonds is 9. The summed E-state index contributed by atoms with van der Waals surface area (Å²) in [4.78, 5) is 30.9. The first-order valence-electron chi connectivity index (χ1n) is 11.2. The molecule has 0 radical (unpaired) electrons. The fraction of sp³-hybridized carbons (Fsp3) is 0.250. The summed E-state index contributed by atoms with van der Waals surface area (Å²) in [5.41, 5.74) is -1.95. The molecular formula is C24H25N5O8. The zero-order valence-corrected chi connectivity index (χ0v) is 19.3. The van der Waals surface area contributed by atoms with Gasteiger partial charge in [0.05, 0.1) is 30.3 Å². The number of aliphatic imine (C=N–C) groups is 1. The Morgan fingerprint density at radius 3 is 1.92 bits per heavy atom. The van der Waals surface area contributed by atoms with Gasteiger partial charge in [0.15, 0.2) is 11.4 Å². The predicted octanol–water partition coefficient (Wildman–Crippen LogP) is -1.26. The van der Waals surface area contributed by atoms with Gasteiger partial charge in [0, 0.05) is 0 Å². The number of aromatic nitrogens is 2. The molecule has 0 saturated heterocycles. The number of benzene rings is 2. The Hall–Kier alpha value is -3.98. The van der Waals surface area contributed by atoms with Gasteiger partial charge in [-0.25, -0.2) is 9.67 Å². The summed E-state index contributed by atoms with van der Waals surface area (Å²) in [5.74, 6) is -0.861. The smallest absolute Gasteiger partial charge is 0.299 e. The maximum absolute atomic E-state index is 13.4. The molecule has 194 valence electrons. The summed E-state index contributed by atoms with van der Waals surface area (Å²) >= 11 is 0. The van der Waals surface area contributed by atoms with Crippen LogP contribution in [0.15, 0.2) is 75.6 Å². The second kappa shape index (κ2) is 11.0. The number of hydrogen-bond donors (Lipinski definition) is 7. The highest BCUT2D eigenvalue weighted by Gasteiger charge is 2.40. The average molecular weight is 511 g/mol. The lowest BCUT2D eigenvalue weighted by Crippen LogP contribution is -2.40. The van der Waals surface area contributed by atoms with Gasteiger partial charge in [-0.2, -0.15) is 10.1 Å². The van der Waals surface area contributed by atoms with Crippen LogP contribution in [-0.2, 0) is 4.79 Å². The van der Waals surface area contributed by atoms with Gasteiger partial charge in [0.2, 0.25) is 0 Å². The second-order valence-electron chi connectivity index (χ2n) is 8.14. The topological polar surface area (TPSA) is 204 Å². The summed E-state index contributed by atoms with van der Waals surface area (Å²) in [7, 11) is 0. The van der Waals surface area contributed by atoms with Crippen molar-refractivity contribution in [3.05, 3.63) is 76.7 Å². The molecule has 37 heavy (non-hydrogen) atoms. The molecule has 4 unspecified atom stereocenters. The molecule has 1 aromatic heterocycles. The molecular weight excluding hydrogens is 486 g/mol. The van der Waals surface area contributed by atoms with Crippen molar-refractivity contribution >= 4 is 28.7 Å². The van der Waals surface area contributed by atoms with Gasteiger partial charge in [0.1, 0.15) is 30.1 Å². The fourth-order valence-corrected chi connectivity index (χ4v) is 3.66. The molecule has 3 aromatic rings. The van der Waals surface area contributed by atoms with Crippen LogP contribution in [0.3, 0.4) is 0 Å². The number of aliphatic hydroxyl groups is 6. The van der Waals surface area contributed by atoms with Crippen LogP contribution in [0.4, 0.5) is 11.4 Å². The summed E-state index contributed by atoms with van der Waals surface area (Å²) in [6.07, 6.45) is -7.08. The normalized spacial score (nSPS) is 18.1. The van der Waals surface area contributed by atoms with Crippen molar-refractivity contribution in [1.82, 2.24) is 9.78 Å². The standard InChI is InChI=1S/C24H25N5O8/c30-11-15(32)21(34)17-19(23(36)28(26-17)13-7-3-1-4-8-13)25-20-18(22(35)16(33)12-31)27-29(24(20)37)14-9-5-2-6-10-14/h1-10,15-16,21-22,26,30-35H,11-12H2. The summed E-state index contributed by atoms with van der Waals surface area (Å²) < 4.78 is 1.02. The first kappa shape index (κ1) is 26.1. The molecule has 2 aromatic carbocycles. The monoisotopic (exact) mass is 511 g/mol. The third kappa shape index (κ3) is 4.99. The lowest BCUT2D eigenvalue weighted by atomic mass is 10.0. The first-order valence-corrected chi connectivity index (χ1v) is 11.2. The minimum Gasteiger partial charge on any atom is -0.394 e. The molecule has 0 aliphatic carbocycles. The van der Waals surface area contributed by atoms with E-state index >= 15 is 0 Å². The van der Waals surface area contributed by atoms with Crippen LogP contribution in [0.2, 0.25) is 0 Å². The van der Waals surface area contributed by atoms with E-state index in [1.807, 2.05) is 0 Å². The predicted molar refractivity (Wildman–Crippen MR) is 132 cm³/mol. The minimum atomic E-state index is -1.85. The number of nitrogens with one attached hydrogen (secondary N) is 1. The van der Waals surface area contributed by atoms with Gasteiger partial charge in [-0.1, -0.05) is 36.4 Å². The number of nitrogens with zero attached hydrogens (tertiary/aromatic N) is 4. The van der Waals surface area contributed by atoms with Gasteiger partial charge >= 0.3 is 0 Å². The Labute approximate surface area is 209 Å². The Morgan fingerprint density at radius 1 is 0.811 bits per heavy atom. The van der Waals surface area contributed by atoms with E-state index < -0.39 is 66.2 Å². The summed E-state index contributed by atoms with van der Waals surface area (Å²) in [5, 5.41) is 67.6. The number of amides is 1. The quantitative estimate of drug-likeness (QED) is 0.184. The minimum absolute atomic E-state index is 0.299. The second-order valence-corrected chi connectivity index (χ2v) is 8.14. The largest absolute Gasteiger partial charge is 0.394 e. The zero-order chi connectivity index (χ0) is 26.7. The van der Waals surface area contributed by atoms with Gasteiger partial charge in [-0.3, -0.25) is 14.7 Å². The molecule has 0 bridgehead atoms. The van der Waals surface area contributed by atoms with Crippen molar-refractivity contribution in [3.8, 4) is 5.69 Å². The molecule has 4 atom stereocenters. The number of hydrazone groups is 1. The van der Waals surface area contributed by atoms with Crippen LogP contribution in [-0.4, -0.2) is 89.3 Å². The van der Waals surface area contributed by atoms with Crippen LogP contribution in [0.25, 0.3) is 5.69 Å². The van der Waals surface area contributed by atoms with Crippen LogP contribution in [0.5, 0.6) is 0 Å². The molecule has 2 heterocycles. The maximum atomic E-state index is 13.4. The van der Waals surface area contributed by atoms with E-state index in [-0.39, 0.29) is 5.69 Å². The van der Waals surface area contributed by atoms with E-state index in [2.05, 4.69) is 15.2 Å². The lowest BCUT2D eigenvalue weighted by Gasteiger charge is -2.15. The highest BCUT2D eigenvalue weighted by atomic mass is 16.4.